The number of halogens is 3. The van der Waals surface area contributed by atoms with Gasteiger partial charge in [0, 0.05) is 37.3 Å². The first kappa shape index (κ1) is 29.2. The first-order valence-corrected chi connectivity index (χ1v) is 12.5. The van der Waals surface area contributed by atoms with E-state index >= 15 is 0 Å². The first-order valence-electron chi connectivity index (χ1n) is 11.6. The molecule has 0 heterocycles. The smallest absolute Gasteiger partial charge is 0.348 e. The van der Waals surface area contributed by atoms with Crippen molar-refractivity contribution in [2.75, 3.05) is 26.2 Å². The van der Waals surface area contributed by atoms with Gasteiger partial charge < -0.3 is 9.80 Å². The van der Waals surface area contributed by atoms with E-state index in [0.29, 0.717) is 59.0 Å². The van der Waals surface area contributed by atoms with Crippen molar-refractivity contribution in [2.24, 2.45) is 10.2 Å². The van der Waals surface area contributed by atoms with E-state index in [-0.39, 0.29) is 0 Å². The van der Waals surface area contributed by atoms with Crippen molar-refractivity contribution in [3.8, 4) is 0 Å². The summed E-state index contributed by atoms with van der Waals surface area (Å²) in [5.74, 6) is 0. The summed E-state index contributed by atoms with van der Waals surface area (Å²) in [6.45, 7) is 10.6. The van der Waals surface area contributed by atoms with Gasteiger partial charge in [0.15, 0.2) is 10.2 Å². The molecule has 0 aromatic heterocycles. The molecule has 0 bridgehead atoms. The van der Waals surface area contributed by atoms with Gasteiger partial charge in [-0.2, -0.15) is 23.4 Å². The SMILES string of the molecule is CCN(CC)C(=S)N/N=C(/C(=N/NC(=S)N(CC)CC)c1ccc(C(F)(F)F)cc1)c1ccccc1. The van der Waals surface area contributed by atoms with Crippen molar-refractivity contribution >= 4 is 46.1 Å². The Hall–Kier alpha value is -3.05. The van der Waals surface area contributed by atoms with E-state index in [1.54, 1.807) is 0 Å². The number of hydrogen-bond donors (Lipinski definition) is 2. The van der Waals surface area contributed by atoms with Crippen LogP contribution in [0.2, 0.25) is 0 Å². The molecule has 6 nitrogen and oxygen atoms in total. The van der Waals surface area contributed by atoms with Gasteiger partial charge in [-0.05, 0) is 64.3 Å². The largest absolute Gasteiger partial charge is 0.416 e. The minimum Gasteiger partial charge on any atom is -0.348 e. The zero-order valence-corrected chi connectivity index (χ0v) is 22.4. The number of hydrogen-bond acceptors (Lipinski definition) is 4. The van der Waals surface area contributed by atoms with Crippen LogP contribution in [0.4, 0.5) is 13.2 Å². The molecule has 0 unspecified atom stereocenters. The van der Waals surface area contributed by atoms with Gasteiger partial charge in [0.05, 0.1) is 5.56 Å². The van der Waals surface area contributed by atoms with Crippen molar-refractivity contribution in [1.29, 1.82) is 0 Å². The van der Waals surface area contributed by atoms with Crippen LogP contribution >= 0.6 is 24.4 Å². The number of alkyl halides is 3. The number of nitrogens with one attached hydrogen (secondary N) is 2. The molecular formula is C25H31F3N6S2. The quantitative estimate of drug-likeness (QED) is 0.260. The second kappa shape index (κ2) is 13.9. The molecule has 0 atom stereocenters. The molecule has 2 aromatic carbocycles. The molecule has 0 saturated heterocycles. The van der Waals surface area contributed by atoms with E-state index in [4.69, 9.17) is 24.4 Å². The Morgan fingerprint density at radius 1 is 0.694 bits per heavy atom. The second-order valence-corrected chi connectivity index (χ2v) is 8.31. The molecular weight excluding hydrogens is 505 g/mol. The third kappa shape index (κ3) is 7.99. The van der Waals surface area contributed by atoms with E-state index in [1.807, 2.05) is 67.8 Å². The maximum atomic E-state index is 13.2. The van der Waals surface area contributed by atoms with Crippen molar-refractivity contribution in [3.63, 3.8) is 0 Å². The van der Waals surface area contributed by atoms with E-state index in [0.717, 1.165) is 12.1 Å². The van der Waals surface area contributed by atoms with Crippen LogP contribution in [0.1, 0.15) is 44.4 Å². The van der Waals surface area contributed by atoms with Gasteiger partial charge in [0.25, 0.3) is 0 Å². The highest BCUT2D eigenvalue weighted by atomic mass is 32.1. The number of rotatable bonds is 9. The van der Waals surface area contributed by atoms with E-state index in [9.17, 15) is 13.2 Å². The Labute approximate surface area is 221 Å². The number of hydrazone groups is 2. The Bertz CT molecular complexity index is 1060. The number of thiocarbonyl (C=S) groups is 2. The minimum absolute atomic E-state index is 0.305. The lowest BCUT2D eigenvalue weighted by atomic mass is 9.99. The summed E-state index contributed by atoms with van der Waals surface area (Å²) in [5.41, 5.74) is 6.86. The lowest BCUT2D eigenvalue weighted by Gasteiger charge is -2.22. The molecule has 0 amide bonds. The molecule has 0 fully saturated rings. The predicted molar refractivity (Wildman–Crippen MR) is 148 cm³/mol. The molecule has 2 aromatic rings. The number of nitrogens with zero attached hydrogens (tertiary/aromatic N) is 4. The fourth-order valence-electron chi connectivity index (χ4n) is 3.29. The Morgan fingerprint density at radius 3 is 1.44 bits per heavy atom. The molecule has 2 rings (SSSR count). The van der Waals surface area contributed by atoms with Gasteiger partial charge in [0.1, 0.15) is 11.4 Å². The number of benzene rings is 2. The van der Waals surface area contributed by atoms with Gasteiger partial charge >= 0.3 is 6.18 Å². The fraction of sp³-hybridized carbons (Fsp3) is 0.360. The van der Waals surface area contributed by atoms with Gasteiger partial charge in [-0.1, -0.05) is 42.5 Å². The first-order chi connectivity index (χ1) is 17.2. The molecule has 2 N–H and O–H groups in total. The van der Waals surface area contributed by atoms with E-state index in [1.165, 1.54) is 12.1 Å². The summed E-state index contributed by atoms with van der Waals surface area (Å²) in [6, 6.07) is 14.0. The third-order valence-corrected chi connectivity index (χ3v) is 6.08. The van der Waals surface area contributed by atoms with Gasteiger partial charge in [0.2, 0.25) is 0 Å². The van der Waals surface area contributed by atoms with Crippen LogP contribution in [0.25, 0.3) is 0 Å². The van der Waals surface area contributed by atoms with Crippen molar-refractivity contribution in [3.05, 3.63) is 71.3 Å². The van der Waals surface area contributed by atoms with Crippen LogP contribution in [0.15, 0.2) is 64.8 Å². The standard InChI is InChI=1S/C25H31F3N6S2/c1-5-33(6-2)23(35)31-29-21(18-12-10-9-11-13-18)22(30-32-24(36)34(7-3)8-4)19-14-16-20(17-15-19)25(26,27)28/h9-17H,5-8H2,1-4H3,(H,31,35)(H,32,36)/b29-21+,30-22+. The Kier molecular flexibility index (Phi) is 11.3. The topological polar surface area (TPSA) is 55.3 Å². The molecule has 0 aliphatic heterocycles. The van der Waals surface area contributed by atoms with Gasteiger partial charge in [-0.3, -0.25) is 10.9 Å². The van der Waals surface area contributed by atoms with Gasteiger partial charge in [-0.25, -0.2) is 0 Å². The van der Waals surface area contributed by atoms with Crippen LogP contribution < -0.4 is 10.9 Å². The van der Waals surface area contributed by atoms with Crippen LogP contribution in [-0.2, 0) is 6.18 Å². The zero-order chi connectivity index (χ0) is 26.7. The molecule has 0 saturated carbocycles. The highest BCUT2D eigenvalue weighted by Crippen LogP contribution is 2.29. The Balaban J connectivity index is 2.61. The van der Waals surface area contributed by atoms with Gasteiger partial charge in [-0.15, -0.1) is 0 Å². The zero-order valence-electron chi connectivity index (χ0n) is 20.8. The van der Waals surface area contributed by atoms with Crippen LogP contribution in [-0.4, -0.2) is 57.6 Å². The van der Waals surface area contributed by atoms with Crippen LogP contribution in [0, 0.1) is 0 Å². The molecule has 0 aliphatic carbocycles. The normalized spacial score (nSPS) is 12.2. The summed E-state index contributed by atoms with van der Waals surface area (Å²) >= 11 is 10.9. The van der Waals surface area contributed by atoms with Crippen LogP contribution in [0.3, 0.4) is 0 Å². The fourth-order valence-corrected chi connectivity index (χ4v) is 3.90. The van der Waals surface area contributed by atoms with Crippen molar-refractivity contribution in [2.45, 2.75) is 33.9 Å². The maximum absolute atomic E-state index is 13.2. The van der Waals surface area contributed by atoms with Crippen molar-refractivity contribution in [1.82, 2.24) is 20.7 Å². The monoisotopic (exact) mass is 536 g/mol. The molecule has 0 spiro atoms. The average molecular weight is 537 g/mol. The molecule has 0 radical (unpaired) electrons. The lowest BCUT2D eigenvalue weighted by molar-refractivity contribution is -0.137. The average Bonchev–Trinajstić information content (AvgIpc) is 2.87. The summed E-state index contributed by atoms with van der Waals surface area (Å²) in [5, 5.41) is 9.89. The third-order valence-electron chi connectivity index (χ3n) is 5.39. The molecule has 194 valence electrons. The summed E-state index contributed by atoms with van der Waals surface area (Å²) < 4.78 is 39.6. The molecule has 11 heteroatoms. The Morgan fingerprint density at radius 2 is 1.08 bits per heavy atom. The molecule has 36 heavy (non-hydrogen) atoms. The minimum atomic E-state index is -4.45. The highest BCUT2D eigenvalue weighted by molar-refractivity contribution is 7.80. The lowest BCUT2D eigenvalue weighted by Crippen LogP contribution is -2.39. The summed E-state index contributed by atoms with van der Waals surface area (Å²) in [6.07, 6.45) is -4.45. The predicted octanol–water partition coefficient (Wildman–Crippen LogP) is 5.25. The molecule has 0 aliphatic rings. The highest BCUT2D eigenvalue weighted by Gasteiger charge is 2.30. The van der Waals surface area contributed by atoms with E-state index in [2.05, 4.69) is 21.1 Å². The summed E-state index contributed by atoms with van der Waals surface area (Å²) in [4.78, 5) is 3.82. The summed E-state index contributed by atoms with van der Waals surface area (Å²) in [7, 11) is 0. The second-order valence-electron chi connectivity index (χ2n) is 7.54. The van der Waals surface area contributed by atoms with E-state index < -0.39 is 11.7 Å². The van der Waals surface area contributed by atoms with Crippen LogP contribution in [0.5, 0.6) is 0 Å². The van der Waals surface area contributed by atoms with Crippen molar-refractivity contribution < 1.29 is 13.2 Å². The maximum Gasteiger partial charge on any atom is 0.416 e.